The van der Waals surface area contributed by atoms with Gasteiger partial charge in [0.2, 0.25) is 5.91 Å². The third-order valence-corrected chi connectivity index (χ3v) is 2.82. The molecule has 0 aromatic rings. The van der Waals surface area contributed by atoms with Crippen molar-refractivity contribution in [2.24, 2.45) is 5.73 Å². The van der Waals surface area contributed by atoms with Crippen molar-refractivity contribution in [2.75, 3.05) is 13.7 Å². The standard InChI is InChI=1S/C13H18N2O5/c1-20-12(18)8-15(9-5-3-2-4-6-9)13(19)10(14)7-11(16)17/h2-3,6,10H,4-5,7-8,14H2,1H3,(H,16,17)/t10-/m0/s1. The SMILES string of the molecule is COC(=O)CN(C(=O)[C@@H](N)CC(=O)O)C1=CCC=CC1. The predicted molar refractivity (Wildman–Crippen MR) is 70.4 cm³/mol. The Hall–Kier alpha value is -2.15. The number of ether oxygens (including phenoxy) is 1. The Morgan fingerprint density at radius 1 is 1.45 bits per heavy atom. The van der Waals surface area contributed by atoms with Crippen LogP contribution in [0.4, 0.5) is 0 Å². The minimum Gasteiger partial charge on any atom is -0.481 e. The van der Waals surface area contributed by atoms with Crippen LogP contribution in [-0.4, -0.2) is 47.5 Å². The zero-order chi connectivity index (χ0) is 15.1. The van der Waals surface area contributed by atoms with Gasteiger partial charge in [-0.05, 0) is 6.42 Å². The van der Waals surface area contributed by atoms with Crippen LogP contribution in [-0.2, 0) is 19.1 Å². The third kappa shape index (κ3) is 4.51. The van der Waals surface area contributed by atoms with Gasteiger partial charge < -0.3 is 20.5 Å². The summed E-state index contributed by atoms with van der Waals surface area (Å²) in [5, 5.41) is 8.68. The minimum absolute atomic E-state index is 0.275. The molecule has 0 saturated heterocycles. The summed E-state index contributed by atoms with van der Waals surface area (Å²) < 4.78 is 4.55. The molecular formula is C13H18N2O5. The molecule has 0 aromatic carbocycles. The van der Waals surface area contributed by atoms with Gasteiger partial charge in [0, 0.05) is 12.1 Å². The second-order valence-electron chi connectivity index (χ2n) is 4.31. The number of nitrogens with two attached hydrogens (primary N) is 1. The number of nitrogens with zero attached hydrogens (tertiary/aromatic N) is 1. The molecule has 0 aromatic heterocycles. The lowest BCUT2D eigenvalue weighted by molar-refractivity contribution is -0.147. The highest BCUT2D eigenvalue weighted by Gasteiger charge is 2.27. The number of hydrogen-bond acceptors (Lipinski definition) is 5. The lowest BCUT2D eigenvalue weighted by atomic mass is 10.1. The van der Waals surface area contributed by atoms with E-state index in [-0.39, 0.29) is 6.54 Å². The van der Waals surface area contributed by atoms with Crippen LogP contribution < -0.4 is 5.73 Å². The van der Waals surface area contributed by atoms with Gasteiger partial charge in [0.15, 0.2) is 0 Å². The summed E-state index contributed by atoms with van der Waals surface area (Å²) in [6.07, 6.45) is 6.25. The van der Waals surface area contributed by atoms with Gasteiger partial charge in [-0.25, -0.2) is 0 Å². The molecule has 7 heteroatoms. The number of aliphatic carboxylic acids is 1. The van der Waals surface area contributed by atoms with Crippen molar-refractivity contribution in [3.8, 4) is 0 Å². The Morgan fingerprint density at radius 3 is 2.65 bits per heavy atom. The van der Waals surface area contributed by atoms with Gasteiger partial charge >= 0.3 is 11.9 Å². The first-order chi connectivity index (χ1) is 9.45. The molecule has 0 fully saturated rings. The molecule has 3 N–H and O–H groups in total. The molecule has 0 bridgehead atoms. The van der Waals surface area contributed by atoms with Crippen molar-refractivity contribution in [1.29, 1.82) is 0 Å². The number of methoxy groups -OCH3 is 1. The van der Waals surface area contributed by atoms with E-state index in [9.17, 15) is 14.4 Å². The molecule has 1 amide bonds. The Bertz CT molecular complexity index is 456. The molecule has 0 spiro atoms. The third-order valence-electron chi connectivity index (χ3n) is 2.82. The lowest BCUT2D eigenvalue weighted by Gasteiger charge is -2.27. The van der Waals surface area contributed by atoms with Crippen LogP contribution in [0.1, 0.15) is 19.3 Å². The van der Waals surface area contributed by atoms with E-state index in [2.05, 4.69) is 4.74 Å². The van der Waals surface area contributed by atoms with Crippen molar-refractivity contribution in [3.63, 3.8) is 0 Å². The maximum Gasteiger partial charge on any atom is 0.325 e. The van der Waals surface area contributed by atoms with Gasteiger partial charge in [-0.1, -0.05) is 18.2 Å². The minimum atomic E-state index is -1.19. The molecule has 0 aliphatic heterocycles. The lowest BCUT2D eigenvalue weighted by Crippen LogP contribution is -2.46. The van der Waals surface area contributed by atoms with Gasteiger partial charge in [-0.3, -0.25) is 14.4 Å². The molecule has 0 heterocycles. The van der Waals surface area contributed by atoms with Crippen LogP contribution >= 0.6 is 0 Å². The number of rotatable bonds is 6. The number of allylic oxidation sites excluding steroid dienone is 3. The Morgan fingerprint density at radius 2 is 2.15 bits per heavy atom. The molecule has 1 aliphatic carbocycles. The predicted octanol–water partition coefficient (Wildman–Crippen LogP) is 0.0239. The average Bonchev–Trinajstić information content (AvgIpc) is 2.43. The summed E-state index contributed by atoms with van der Waals surface area (Å²) >= 11 is 0. The number of carboxylic acids is 1. The average molecular weight is 282 g/mol. The quantitative estimate of drug-likeness (QED) is 0.525. The van der Waals surface area contributed by atoms with Crippen molar-refractivity contribution in [3.05, 3.63) is 23.9 Å². The van der Waals surface area contributed by atoms with E-state index in [4.69, 9.17) is 10.8 Å². The molecule has 0 radical (unpaired) electrons. The van der Waals surface area contributed by atoms with Crippen molar-refractivity contribution >= 4 is 17.8 Å². The molecule has 20 heavy (non-hydrogen) atoms. The first kappa shape index (κ1) is 15.9. The Labute approximate surface area is 116 Å². The van der Waals surface area contributed by atoms with Crippen LogP contribution in [0.3, 0.4) is 0 Å². The maximum absolute atomic E-state index is 12.2. The van der Waals surface area contributed by atoms with Gasteiger partial charge in [-0.2, -0.15) is 0 Å². The summed E-state index contributed by atoms with van der Waals surface area (Å²) in [7, 11) is 1.22. The van der Waals surface area contributed by atoms with Gasteiger partial charge in [0.25, 0.3) is 0 Å². The molecule has 110 valence electrons. The zero-order valence-corrected chi connectivity index (χ0v) is 11.2. The summed E-state index contributed by atoms with van der Waals surface area (Å²) in [6.45, 7) is -0.275. The maximum atomic E-state index is 12.2. The highest BCUT2D eigenvalue weighted by Crippen LogP contribution is 2.17. The van der Waals surface area contributed by atoms with E-state index in [1.807, 2.05) is 12.2 Å². The first-order valence-electron chi connectivity index (χ1n) is 6.15. The number of hydrogen-bond donors (Lipinski definition) is 2. The van der Waals surface area contributed by atoms with E-state index in [1.54, 1.807) is 6.08 Å². The zero-order valence-electron chi connectivity index (χ0n) is 11.2. The normalized spacial score (nSPS) is 15.2. The highest BCUT2D eigenvalue weighted by atomic mass is 16.5. The fraction of sp³-hybridized carbons (Fsp3) is 0.462. The van der Waals surface area contributed by atoms with Crippen LogP contribution in [0.5, 0.6) is 0 Å². The van der Waals surface area contributed by atoms with Gasteiger partial charge in [0.1, 0.15) is 6.54 Å². The van der Waals surface area contributed by atoms with Crippen LogP contribution in [0.25, 0.3) is 0 Å². The Balaban J connectivity index is 2.86. The molecular weight excluding hydrogens is 264 g/mol. The van der Waals surface area contributed by atoms with Crippen molar-refractivity contribution < 1.29 is 24.2 Å². The molecule has 7 nitrogen and oxygen atoms in total. The van der Waals surface area contributed by atoms with Crippen LogP contribution in [0.15, 0.2) is 23.9 Å². The fourth-order valence-electron chi connectivity index (χ4n) is 1.80. The van der Waals surface area contributed by atoms with Crippen molar-refractivity contribution in [2.45, 2.75) is 25.3 Å². The molecule has 1 rings (SSSR count). The summed E-state index contributed by atoms with van der Waals surface area (Å²) in [5.74, 6) is -2.35. The number of esters is 1. The fourth-order valence-corrected chi connectivity index (χ4v) is 1.80. The summed E-state index contributed by atoms with van der Waals surface area (Å²) in [4.78, 5) is 35.4. The number of carboxylic acid groups (broad SMARTS) is 1. The van der Waals surface area contributed by atoms with E-state index >= 15 is 0 Å². The number of carbonyl (C=O) groups excluding carboxylic acids is 2. The molecule has 1 aliphatic rings. The van der Waals surface area contributed by atoms with E-state index in [0.29, 0.717) is 18.5 Å². The van der Waals surface area contributed by atoms with Crippen LogP contribution in [0, 0.1) is 0 Å². The Kier molecular flexibility index (Phi) is 5.92. The highest BCUT2D eigenvalue weighted by molar-refractivity contribution is 5.89. The first-order valence-corrected chi connectivity index (χ1v) is 6.15. The molecule has 0 saturated carbocycles. The van der Waals surface area contributed by atoms with E-state index < -0.39 is 30.3 Å². The van der Waals surface area contributed by atoms with Gasteiger partial charge in [-0.15, -0.1) is 0 Å². The number of amides is 1. The van der Waals surface area contributed by atoms with E-state index in [1.165, 1.54) is 12.0 Å². The second kappa shape index (κ2) is 7.44. The molecule has 1 atom stereocenters. The van der Waals surface area contributed by atoms with E-state index in [0.717, 1.165) is 0 Å². The second-order valence-corrected chi connectivity index (χ2v) is 4.31. The topological polar surface area (TPSA) is 110 Å². The van der Waals surface area contributed by atoms with Crippen molar-refractivity contribution in [1.82, 2.24) is 4.90 Å². The summed E-state index contributed by atoms with van der Waals surface area (Å²) in [6, 6.07) is -1.19. The van der Waals surface area contributed by atoms with Crippen LogP contribution in [0.2, 0.25) is 0 Å². The number of carbonyl (C=O) groups is 3. The molecule has 0 unspecified atom stereocenters. The smallest absolute Gasteiger partial charge is 0.325 e. The monoisotopic (exact) mass is 282 g/mol. The van der Waals surface area contributed by atoms with Gasteiger partial charge in [0.05, 0.1) is 19.6 Å². The largest absolute Gasteiger partial charge is 0.481 e. The summed E-state index contributed by atoms with van der Waals surface area (Å²) in [5.41, 5.74) is 6.20.